The molecular formula is C37H55BN4O8. The Labute approximate surface area is 296 Å². The number of nitrogens with one attached hydrogen (secondary N) is 2. The van der Waals surface area contributed by atoms with E-state index in [0.29, 0.717) is 31.3 Å². The van der Waals surface area contributed by atoms with Gasteiger partial charge < -0.3 is 34.3 Å². The number of carbonyl (C=O) groups is 4. The smallest absolute Gasteiger partial charge is 0.450 e. The molecule has 2 saturated heterocycles. The van der Waals surface area contributed by atoms with Crippen LogP contribution in [0.3, 0.4) is 0 Å². The van der Waals surface area contributed by atoms with Crippen LogP contribution in [0, 0.1) is 22.7 Å². The molecule has 13 heteroatoms. The molecule has 274 valence electrons. The lowest BCUT2D eigenvalue weighted by Gasteiger charge is -2.64. The Kier molecular flexibility index (Phi) is 9.97. The molecule has 5 fully saturated rings. The molecule has 3 aliphatic heterocycles. The fourth-order valence-corrected chi connectivity index (χ4v) is 9.10. The van der Waals surface area contributed by atoms with Gasteiger partial charge in [-0.05, 0) is 66.9 Å². The van der Waals surface area contributed by atoms with Crippen LogP contribution < -0.4 is 10.6 Å². The number of amides is 4. The summed E-state index contributed by atoms with van der Waals surface area (Å²) in [4.78, 5) is 57.7. The van der Waals surface area contributed by atoms with Gasteiger partial charge in [0, 0.05) is 19.5 Å². The second-order valence-electron chi connectivity index (χ2n) is 16.8. The molecule has 6 aliphatic rings. The van der Waals surface area contributed by atoms with E-state index in [4.69, 9.17) is 18.8 Å². The van der Waals surface area contributed by atoms with Gasteiger partial charge in [-0.3, -0.25) is 14.5 Å². The highest BCUT2D eigenvalue weighted by atomic mass is 16.7. The lowest BCUT2D eigenvalue weighted by Crippen LogP contribution is -2.65. The molecule has 3 saturated carbocycles. The molecule has 12 nitrogen and oxygen atoms in total. The second-order valence-corrected chi connectivity index (χ2v) is 16.8. The number of benzene rings is 1. The standard InChI is InChI=1S/C37H55BN4O8/c1-9-13-29(38-49-28-17-24-16-27(36(24,6)7)37(28,8)50-38)39-31(43)26-18-25(48-34(46)41-19-22-14-11-12-15-23(22)20-41)21-42(26)32(44)30(35(3,4)5)40-33(45)47-10-2/h11-12,14-15,24-30H,9-10,13,16-21H2,1-8H3,(H,39,43)(H,40,45)/t24-,25+,26-,27-,28+,29-,30+,37-/m0/s1. The molecule has 0 spiro atoms. The summed E-state index contributed by atoms with van der Waals surface area (Å²) in [5.74, 6) is -0.278. The highest BCUT2D eigenvalue weighted by Crippen LogP contribution is 2.65. The van der Waals surface area contributed by atoms with Crippen LogP contribution in [0.5, 0.6) is 0 Å². The molecule has 0 unspecified atom stereocenters. The topological polar surface area (TPSA) is 136 Å². The molecule has 4 amide bonds. The van der Waals surface area contributed by atoms with Crippen molar-refractivity contribution in [1.29, 1.82) is 0 Å². The van der Waals surface area contributed by atoms with E-state index in [1.165, 1.54) is 4.90 Å². The molecule has 2 bridgehead atoms. The molecule has 1 aromatic rings. The van der Waals surface area contributed by atoms with Gasteiger partial charge in [0.2, 0.25) is 11.8 Å². The first-order chi connectivity index (χ1) is 23.6. The van der Waals surface area contributed by atoms with Crippen LogP contribution in [0.25, 0.3) is 0 Å². The van der Waals surface area contributed by atoms with E-state index in [1.807, 2.05) is 45.0 Å². The summed E-state index contributed by atoms with van der Waals surface area (Å²) in [6.45, 7) is 17.1. The van der Waals surface area contributed by atoms with E-state index in [2.05, 4.69) is 38.3 Å². The summed E-state index contributed by atoms with van der Waals surface area (Å²) in [6, 6.07) is 5.93. The average Bonchev–Trinajstić information content (AvgIpc) is 3.77. The van der Waals surface area contributed by atoms with Crippen LogP contribution in [0.15, 0.2) is 24.3 Å². The van der Waals surface area contributed by atoms with Crippen molar-refractivity contribution in [2.24, 2.45) is 22.7 Å². The number of alkyl carbamates (subject to hydrolysis) is 1. The molecule has 50 heavy (non-hydrogen) atoms. The van der Waals surface area contributed by atoms with Crippen molar-refractivity contribution in [3.05, 3.63) is 35.4 Å². The van der Waals surface area contributed by atoms with Crippen molar-refractivity contribution in [3.8, 4) is 0 Å². The number of carbonyl (C=O) groups excluding carboxylic acids is 4. The van der Waals surface area contributed by atoms with Gasteiger partial charge in [0.05, 0.1) is 30.8 Å². The number of rotatable bonds is 9. The lowest BCUT2D eigenvalue weighted by molar-refractivity contribution is -0.199. The summed E-state index contributed by atoms with van der Waals surface area (Å²) in [6.07, 6.45) is 1.61. The van der Waals surface area contributed by atoms with Gasteiger partial charge in [0.25, 0.3) is 0 Å². The number of ether oxygens (including phenoxy) is 2. The summed E-state index contributed by atoms with van der Waals surface area (Å²) >= 11 is 0. The van der Waals surface area contributed by atoms with Gasteiger partial charge in [-0.25, -0.2) is 9.59 Å². The van der Waals surface area contributed by atoms with Crippen LogP contribution in [0.2, 0.25) is 0 Å². The molecule has 8 atom stereocenters. The number of hydrogen-bond acceptors (Lipinski definition) is 8. The zero-order valence-corrected chi connectivity index (χ0v) is 31.0. The maximum Gasteiger partial charge on any atom is 0.481 e. The predicted molar refractivity (Wildman–Crippen MR) is 186 cm³/mol. The van der Waals surface area contributed by atoms with E-state index >= 15 is 0 Å². The Balaban J connectivity index is 1.20. The molecule has 3 aliphatic carbocycles. The normalized spacial score (nSPS) is 30.5. The Hall–Kier alpha value is -3.32. The lowest BCUT2D eigenvalue weighted by atomic mass is 9.43. The first kappa shape index (κ1) is 36.5. The third-order valence-corrected chi connectivity index (χ3v) is 12.1. The van der Waals surface area contributed by atoms with Crippen LogP contribution >= 0.6 is 0 Å². The number of likely N-dealkylation sites (tertiary alicyclic amines) is 1. The van der Waals surface area contributed by atoms with Crippen LogP contribution in [-0.2, 0) is 41.5 Å². The van der Waals surface area contributed by atoms with E-state index in [-0.39, 0.29) is 37.0 Å². The third-order valence-electron chi connectivity index (χ3n) is 12.1. The van der Waals surface area contributed by atoms with Crippen molar-refractivity contribution in [1.82, 2.24) is 20.4 Å². The quantitative estimate of drug-likeness (QED) is 0.352. The van der Waals surface area contributed by atoms with Crippen LogP contribution in [-0.4, -0.2) is 89.9 Å². The summed E-state index contributed by atoms with van der Waals surface area (Å²) in [5.41, 5.74) is 1.18. The predicted octanol–water partition coefficient (Wildman–Crippen LogP) is 4.82. The molecule has 7 rings (SSSR count). The van der Waals surface area contributed by atoms with Crippen molar-refractivity contribution in [3.63, 3.8) is 0 Å². The van der Waals surface area contributed by atoms with E-state index in [9.17, 15) is 19.2 Å². The molecule has 0 radical (unpaired) electrons. The first-order valence-electron chi connectivity index (χ1n) is 18.5. The molecule has 1 aromatic carbocycles. The van der Waals surface area contributed by atoms with Crippen molar-refractivity contribution in [2.75, 3.05) is 13.2 Å². The van der Waals surface area contributed by atoms with Crippen molar-refractivity contribution < 1.29 is 38.0 Å². The van der Waals surface area contributed by atoms with E-state index < -0.39 is 60.4 Å². The van der Waals surface area contributed by atoms with Gasteiger partial charge in [-0.1, -0.05) is 72.2 Å². The van der Waals surface area contributed by atoms with Gasteiger partial charge >= 0.3 is 19.3 Å². The zero-order chi connectivity index (χ0) is 36.2. The highest BCUT2D eigenvalue weighted by molar-refractivity contribution is 6.47. The molecule has 3 heterocycles. The minimum Gasteiger partial charge on any atom is -0.450 e. The summed E-state index contributed by atoms with van der Waals surface area (Å²) in [7, 11) is -0.618. The number of fused-ring (bicyclic) bond motifs is 1. The largest absolute Gasteiger partial charge is 0.481 e. The van der Waals surface area contributed by atoms with Crippen LogP contribution in [0.4, 0.5) is 9.59 Å². The van der Waals surface area contributed by atoms with Crippen molar-refractivity contribution >= 4 is 31.1 Å². The van der Waals surface area contributed by atoms with Gasteiger partial charge in [-0.15, -0.1) is 0 Å². The Bertz CT molecular complexity index is 1460. The minimum absolute atomic E-state index is 0.00764. The first-order valence-corrected chi connectivity index (χ1v) is 18.5. The number of hydrogen-bond donors (Lipinski definition) is 2. The van der Waals surface area contributed by atoms with Crippen molar-refractivity contribution in [2.45, 2.75) is 136 Å². The van der Waals surface area contributed by atoms with Gasteiger partial charge in [0.15, 0.2) is 0 Å². The third kappa shape index (κ3) is 6.72. The highest BCUT2D eigenvalue weighted by Gasteiger charge is 2.68. The van der Waals surface area contributed by atoms with E-state index in [0.717, 1.165) is 30.4 Å². The molecule has 0 aromatic heterocycles. The van der Waals surface area contributed by atoms with Gasteiger partial charge in [0.1, 0.15) is 18.2 Å². The van der Waals surface area contributed by atoms with Crippen LogP contribution in [0.1, 0.15) is 98.6 Å². The van der Waals surface area contributed by atoms with Gasteiger partial charge in [-0.2, -0.15) is 0 Å². The fraction of sp³-hybridized carbons (Fsp3) is 0.730. The maximum atomic E-state index is 14.3. The second kappa shape index (κ2) is 13.7. The molecule has 2 N–H and O–H groups in total. The Morgan fingerprint density at radius 1 is 1.02 bits per heavy atom. The Morgan fingerprint density at radius 2 is 1.70 bits per heavy atom. The SMILES string of the molecule is CCC[C@H](NC(=O)[C@@H]1C[C@@H](OC(=O)N2Cc3ccccc3C2)CN1C(=O)[C@@H](NC(=O)OCC)C(C)(C)C)B1O[C@@H]2C[C@@H]3C[C@@H](C3(C)C)[C@]2(C)O1. The molecular weight excluding hydrogens is 639 g/mol. The number of nitrogens with zero attached hydrogens (tertiary/aromatic N) is 2. The minimum atomic E-state index is -0.995. The van der Waals surface area contributed by atoms with E-state index in [1.54, 1.807) is 11.8 Å². The fourth-order valence-electron chi connectivity index (χ4n) is 9.10. The zero-order valence-electron chi connectivity index (χ0n) is 31.0. The monoisotopic (exact) mass is 694 g/mol. The maximum absolute atomic E-state index is 14.3. The Morgan fingerprint density at radius 3 is 2.30 bits per heavy atom. The summed E-state index contributed by atoms with van der Waals surface area (Å²) in [5, 5.41) is 5.91. The summed E-state index contributed by atoms with van der Waals surface area (Å²) < 4.78 is 24.4. The average molecular weight is 695 g/mol.